The van der Waals surface area contributed by atoms with Crippen molar-refractivity contribution in [3.05, 3.63) is 174 Å². The third-order valence-corrected chi connectivity index (χ3v) is 14.4. The van der Waals surface area contributed by atoms with Gasteiger partial charge in [0.25, 0.3) is 0 Å². The van der Waals surface area contributed by atoms with Crippen LogP contribution in [-0.2, 0) is 14.4 Å². The molecule has 0 fully saturated rings. The maximum Gasteiger partial charge on any atom is 0.247 e. The Morgan fingerprint density at radius 3 is 0.918 bits per heavy atom. The van der Waals surface area contributed by atoms with E-state index in [0.717, 1.165) is 50.4 Å². The van der Waals surface area contributed by atoms with Gasteiger partial charge >= 0.3 is 0 Å². The molecule has 6 aromatic rings. The molecule has 3 aliphatic heterocycles. The molecule has 21 nitrogen and oxygen atoms in total. The molecule has 1 unspecified atom stereocenters. The number of ether oxygens (including phenoxy) is 6. The molecule has 3 atom stereocenters. The smallest absolute Gasteiger partial charge is 0.247 e. The van der Waals surface area contributed by atoms with Gasteiger partial charge in [0.1, 0.15) is 17.2 Å². The molecule has 9 N–H and O–H groups in total. The van der Waals surface area contributed by atoms with Crippen molar-refractivity contribution in [3.8, 4) is 53.1 Å². The summed E-state index contributed by atoms with van der Waals surface area (Å²) < 4.78 is 33.9. The lowest BCUT2D eigenvalue weighted by Crippen LogP contribution is -2.28. The number of pyridine rings is 3. The molecule has 3 aromatic carbocycles. The summed E-state index contributed by atoms with van der Waals surface area (Å²) in [6.45, 7) is 18.1. The van der Waals surface area contributed by atoms with Crippen LogP contribution < -0.4 is 61.6 Å². The van der Waals surface area contributed by atoms with E-state index >= 15 is 0 Å². The Balaban J connectivity index is 0.000000203. The van der Waals surface area contributed by atoms with Crippen LogP contribution in [0.1, 0.15) is 126 Å². The van der Waals surface area contributed by atoms with E-state index in [1.54, 1.807) is 73.2 Å². The second kappa shape index (κ2) is 27.9. The average Bonchev–Trinajstić information content (AvgIpc) is 3.63. The van der Waals surface area contributed by atoms with Crippen LogP contribution in [0.3, 0.4) is 0 Å². The molecule has 0 saturated heterocycles. The van der Waals surface area contributed by atoms with Crippen LogP contribution in [0.4, 0.5) is 17.1 Å². The largest absolute Gasteiger partial charge is 0.496 e. The van der Waals surface area contributed by atoms with E-state index in [1.165, 1.54) is 21.3 Å². The third kappa shape index (κ3) is 12.9. The minimum atomic E-state index is -0.545. The standard InChI is InChI=1S/3C21H22N4O3.HI/c3*1-5-28-21-18-17(14-7-6-13(9-22)8-15(14)27-4)16(20(23)26)12(3)25-19(18)11(2)10-24-21;/h3*6-8,10,17,25H,5H2,1-4H3,(H2,23,26);1H/t2*17-;;/m10../s1. The number of halogens is 1. The Bertz CT molecular complexity index is 3460. The van der Waals surface area contributed by atoms with Crippen molar-refractivity contribution in [3.63, 3.8) is 0 Å². The van der Waals surface area contributed by atoms with Gasteiger partial charge in [-0.1, -0.05) is 18.2 Å². The van der Waals surface area contributed by atoms with Crippen molar-refractivity contribution in [2.24, 2.45) is 17.2 Å². The van der Waals surface area contributed by atoms with Crippen LogP contribution in [0.15, 0.2) is 107 Å². The molecule has 0 aliphatic carbocycles. The zero-order valence-electron chi connectivity index (χ0n) is 49.3. The molecular formula is C63H67IN12O9. The topological polar surface area (TPSA) is 331 Å². The molecule has 0 radical (unpaired) electrons. The van der Waals surface area contributed by atoms with E-state index in [9.17, 15) is 30.2 Å². The maximum atomic E-state index is 12.4. The number of aryl methyl sites for hydroxylation is 3. The number of nitrogens with one attached hydrogen (secondary N) is 3. The van der Waals surface area contributed by atoms with Crippen LogP contribution in [-0.4, -0.2) is 73.8 Å². The molecule has 3 aliphatic rings. The Morgan fingerprint density at radius 1 is 0.471 bits per heavy atom. The number of nitrogens with two attached hydrogens (primary N) is 3. The Labute approximate surface area is 510 Å². The van der Waals surface area contributed by atoms with E-state index in [4.69, 9.17) is 45.6 Å². The van der Waals surface area contributed by atoms with Gasteiger partial charge in [-0.3, -0.25) is 14.4 Å². The first-order valence-electron chi connectivity index (χ1n) is 26.7. The van der Waals surface area contributed by atoms with E-state index < -0.39 is 35.5 Å². The lowest BCUT2D eigenvalue weighted by Gasteiger charge is -2.32. The number of methoxy groups -OCH3 is 3. The number of anilines is 3. The number of allylic oxidation sites excluding steroid dienone is 3. The SMILES string of the molecule is CCOc1ncc(C)c2c1C(c1ccc(C#N)cc1OC)C(C(N)=O)=C(C)N2.CCOc1ncc(C)c2c1[C@@H](c1ccc(C#N)cc1OC)C(C(N)=O)=C(C)N2.CCOc1ncc(C)c2c1[C@H](c1ccc(C#N)cc1OC)C(C(N)=O)=C(C)N2.I. The number of carbonyl (C=O) groups is 3. The number of nitrogens with zero attached hydrogens (tertiary/aromatic N) is 6. The van der Waals surface area contributed by atoms with Crippen LogP contribution in [0.2, 0.25) is 0 Å². The molecule has 0 spiro atoms. The number of amides is 3. The summed E-state index contributed by atoms with van der Waals surface area (Å²) in [6, 6.07) is 21.7. The van der Waals surface area contributed by atoms with Crippen molar-refractivity contribution >= 4 is 58.8 Å². The minimum Gasteiger partial charge on any atom is -0.496 e. The van der Waals surface area contributed by atoms with Gasteiger partial charge in [-0.2, -0.15) is 15.8 Å². The summed E-state index contributed by atoms with van der Waals surface area (Å²) in [4.78, 5) is 50.5. The lowest BCUT2D eigenvalue weighted by atomic mass is 9.79. The van der Waals surface area contributed by atoms with E-state index in [1.807, 2.05) is 62.3 Å². The second-order valence-electron chi connectivity index (χ2n) is 19.5. The van der Waals surface area contributed by atoms with Gasteiger partial charge < -0.3 is 61.6 Å². The molecule has 0 saturated carbocycles. The number of rotatable bonds is 15. The number of nitriles is 3. The second-order valence-corrected chi connectivity index (χ2v) is 19.5. The summed E-state index contributed by atoms with van der Waals surface area (Å²) in [5.74, 6) is -0.480. The average molecular weight is 1260 g/mol. The molecule has 9 rings (SSSR count). The van der Waals surface area contributed by atoms with Crippen LogP contribution in [0.25, 0.3) is 0 Å². The molecule has 22 heteroatoms. The summed E-state index contributed by atoms with van der Waals surface area (Å²) in [5.41, 5.74) is 31.4. The van der Waals surface area contributed by atoms with Gasteiger partial charge in [0.05, 0.1) is 128 Å². The Hall–Kier alpha value is -9.86. The maximum absolute atomic E-state index is 12.4. The quantitative estimate of drug-likeness (QED) is 0.0521. The van der Waals surface area contributed by atoms with E-state index in [2.05, 4.69) is 49.1 Å². The van der Waals surface area contributed by atoms with E-state index in [-0.39, 0.29) is 24.0 Å². The van der Waals surface area contributed by atoms with Crippen molar-refractivity contribution in [2.45, 2.75) is 80.1 Å². The number of fused-ring (bicyclic) bond motifs is 3. The predicted octanol–water partition coefficient (Wildman–Crippen LogP) is 9.58. The van der Waals surface area contributed by atoms with Crippen LogP contribution in [0.5, 0.6) is 34.9 Å². The number of hydrogen-bond acceptors (Lipinski definition) is 18. The fourth-order valence-corrected chi connectivity index (χ4v) is 10.7. The Kier molecular flexibility index (Phi) is 21.1. The third-order valence-electron chi connectivity index (χ3n) is 14.4. The van der Waals surface area contributed by atoms with Gasteiger partial charge in [-0.15, -0.1) is 24.0 Å². The summed E-state index contributed by atoms with van der Waals surface area (Å²) >= 11 is 0. The number of hydrogen-bond donors (Lipinski definition) is 6. The van der Waals surface area contributed by atoms with Gasteiger partial charge in [-0.25, -0.2) is 15.0 Å². The highest BCUT2D eigenvalue weighted by Gasteiger charge is 2.40. The van der Waals surface area contributed by atoms with Gasteiger partial charge in [-0.05, 0) is 115 Å². The molecule has 440 valence electrons. The molecule has 3 aromatic heterocycles. The monoisotopic (exact) mass is 1260 g/mol. The number of aromatic nitrogens is 3. The van der Waals surface area contributed by atoms with Crippen LogP contribution in [0, 0.1) is 54.8 Å². The van der Waals surface area contributed by atoms with Crippen molar-refractivity contribution in [1.82, 2.24) is 15.0 Å². The molecule has 0 bridgehead atoms. The molecule has 3 amide bonds. The summed E-state index contributed by atoms with van der Waals surface area (Å²) in [6.07, 6.45) is 5.19. The van der Waals surface area contributed by atoms with Gasteiger partial charge in [0.15, 0.2) is 0 Å². The number of carbonyl (C=O) groups excluding carboxylic acids is 3. The zero-order chi connectivity index (χ0) is 61.3. The lowest BCUT2D eigenvalue weighted by molar-refractivity contribution is -0.115. The highest BCUT2D eigenvalue weighted by molar-refractivity contribution is 14.0. The van der Waals surface area contributed by atoms with Gasteiger partial charge in [0.2, 0.25) is 35.4 Å². The minimum absolute atomic E-state index is 0. The highest BCUT2D eigenvalue weighted by atomic mass is 127. The first-order chi connectivity index (χ1) is 40.3. The molecular weight excluding hydrogens is 1200 g/mol. The summed E-state index contributed by atoms with van der Waals surface area (Å²) in [5, 5.41) is 37.5. The Morgan fingerprint density at radius 2 is 0.718 bits per heavy atom. The fraction of sp³-hybridized carbons (Fsp3) is 0.286. The van der Waals surface area contributed by atoms with Gasteiger partial charge in [0, 0.05) is 69.1 Å². The first kappa shape index (κ1) is 64.3. The zero-order valence-corrected chi connectivity index (χ0v) is 51.6. The number of benzene rings is 3. The van der Waals surface area contributed by atoms with Crippen LogP contribution >= 0.6 is 24.0 Å². The van der Waals surface area contributed by atoms with Crippen molar-refractivity contribution in [1.29, 1.82) is 15.8 Å². The van der Waals surface area contributed by atoms with Crippen molar-refractivity contribution in [2.75, 3.05) is 57.1 Å². The normalized spacial score (nSPS) is 15.1. The predicted molar refractivity (Wildman–Crippen MR) is 331 cm³/mol. The first-order valence-corrected chi connectivity index (χ1v) is 26.7. The van der Waals surface area contributed by atoms with Crippen molar-refractivity contribution < 1.29 is 42.8 Å². The number of primary amides is 3. The highest BCUT2D eigenvalue weighted by Crippen LogP contribution is 2.52. The fourth-order valence-electron chi connectivity index (χ4n) is 10.7. The van der Waals surface area contributed by atoms with E-state index in [0.29, 0.717) is 122 Å². The summed E-state index contributed by atoms with van der Waals surface area (Å²) in [7, 11) is 4.58. The molecule has 85 heavy (non-hydrogen) atoms. The molecule has 6 heterocycles.